The minimum absolute atomic E-state index is 0.144. The van der Waals surface area contributed by atoms with Crippen molar-refractivity contribution < 1.29 is 0 Å². The van der Waals surface area contributed by atoms with Gasteiger partial charge in [0.05, 0.1) is 0 Å². The second-order valence-corrected chi connectivity index (χ2v) is 6.03. The Balaban J connectivity index is 2.21. The van der Waals surface area contributed by atoms with Crippen molar-refractivity contribution in [1.29, 1.82) is 0 Å². The highest BCUT2D eigenvalue weighted by molar-refractivity contribution is 5.21. The van der Waals surface area contributed by atoms with Crippen molar-refractivity contribution in [3.05, 3.63) is 35.9 Å². The third-order valence-corrected chi connectivity index (χ3v) is 4.42. The summed E-state index contributed by atoms with van der Waals surface area (Å²) in [5, 5.41) is 0. The van der Waals surface area contributed by atoms with Gasteiger partial charge in [-0.25, -0.2) is 0 Å². The lowest BCUT2D eigenvalue weighted by Crippen LogP contribution is -2.57. The maximum atomic E-state index is 6.27. The van der Waals surface area contributed by atoms with Crippen LogP contribution >= 0.6 is 0 Å². The molecule has 1 fully saturated rings. The molecule has 0 radical (unpaired) electrons. The second kappa shape index (κ2) is 6.04. The first kappa shape index (κ1) is 14.5. The first-order valence-corrected chi connectivity index (χ1v) is 7.27. The van der Waals surface area contributed by atoms with E-state index in [1.165, 1.54) is 5.56 Å². The van der Waals surface area contributed by atoms with Crippen molar-refractivity contribution in [2.75, 3.05) is 20.1 Å². The van der Waals surface area contributed by atoms with Crippen LogP contribution in [0.5, 0.6) is 0 Å². The van der Waals surface area contributed by atoms with Crippen LogP contribution in [0.1, 0.15) is 32.4 Å². The third-order valence-electron chi connectivity index (χ3n) is 4.42. The van der Waals surface area contributed by atoms with Crippen LogP contribution in [-0.4, -0.2) is 48.1 Å². The van der Waals surface area contributed by atoms with Crippen molar-refractivity contribution >= 4 is 0 Å². The van der Waals surface area contributed by atoms with Crippen LogP contribution < -0.4 is 5.73 Å². The largest absolute Gasteiger partial charge is 0.326 e. The second-order valence-electron chi connectivity index (χ2n) is 6.03. The van der Waals surface area contributed by atoms with Gasteiger partial charge in [-0.3, -0.25) is 9.80 Å². The van der Waals surface area contributed by atoms with Crippen LogP contribution in [0.15, 0.2) is 30.3 Å². The van der Waals surface area contributed by atoms with Gasteiger partial charge in [0, 0.05) is 37.3 Å². The molecule has 0 bridgehead atoms. The van der Waals surface area contributed by atoms with E-state index >= 15 is 0 Å². The zero-order valence-electron chi connectivity index (χ0n) is 12.6. The number of hydrogen-bond donors (Lipinski definition) is 1. The number of benzene rings is 1. The van der Waals surface area contributed by atoms with E-state index in [0.717, 1.165) is 13.1 Å². The summed E-state index contributed by atoms with van der Waals surface area (Å²) in [6, 6.07) is 12.3. The number of likely N-dealkylation sites (N-methyl/N-ethyl adjacent to an activating group) is 1. The lowest BCUT2D eigenvalue weighted by molar-refractivity contribution is 0.0274. The summed E-state index contributed by atoms with van der Waals surface area (Å²) in [6.45, 7) is 8.88. The molecule has 1 heterocycles. The van der Waals surface area contributed by atoms with E-state index in [0.29, 0.717) is 18.1 Å². The van der Waals surface area contributed by atoms with Crippen LogP contribution in [0, 0.1) is 0 Å². The Morgan fingerprint density at radius 1 is 1.11 bits per heavy atom. The van der Waals surface area contributed by atoms with Gasteiger partial charge in [0.1, 0.15) is 0 Å². The molecule has 2 rings (SSSR count). The molecule has 0 aliphatic carbocycles. The molecule has 1 aliphatic rings. The Kier molecular flexibility index (Phi) is 4.61. The number of rotatable bonds is 3. The van der Waals surface area contributed by atoms with Crippen molar-refractivity contribution in [2.45, 2.75) is 44.9 Å². The maximum absolute atomic E-state index is 6.27. The van der Waals surface area contributed by atoms with E-state index in [9.17, 15) is 0 Å². The summed E-state index contributed by atoms with van der Waals surface area (Å²) in [4.78, 5) is 5.01. The van der Waals surface area contributed by atoms with Crippen molar-refractivity contribution in [3.63, 3.8) is 0 Å². The molecule has 0 amide bonds. The smallest absolute Gasteiger partial charge is 0.0497 e. The number of nitrogens with two attached hydrogens (primary N) is 1. The van der Waals surface area contributed by atoms with Gasteiger partial charge < -0.3 is 5.73 Å². The zero-order chi connectivity index (χ0) is 14.0. The molecule has 1 saturated heterocycles. The van der Waals surface area contributed by atoms with Crippen molar-refractivity contribution in [2.24, 2.45) is 5.73 Å². The first-order valence-electron chi connectivity index (χ1n) is 7.27. The molecule has 0 aromatic heterocycles. The molecule has 3 heteroatoms. The Labute approximate surface area is 117 Å². The summed E-state index contributed by atoms with van der Waals surface area (Å²) in [5.74, 6) is 0. The standard InChI is InChI=1S/C16H27N3/c1-12-10-19(11-13(2)18(12)4)16(14(3)17)15-8-6-5-7-9-15/h5-9,12-14,16H,10-11,17H2,1-4H3. The normalized spacial score (nSPS) is 29.1. The highest BCUT2D eigenvalue weighted by Gasteiger charge is 2.32. The van der Waals surface area contributed by atoms with E-state index in [2.05, 4.69) is 68.0 Å². The number of nitrogens with zero attached hydrogens (tertiary/aromatic N) is 2. The molecule has 0 spiro atoms. The molecular weight excluding hydrogens is 234 g/mol. The van der Waals surface area contributed by atoms with Gasteiger partial charge >= 0.3 is 0 Å². The third kappa shape index (κ3) is 3.16. The Bertz CT molecular complexity index is 378. The molecule has 2 N–H and O–H groups in total. The molecule has 3 nitrogen and oxygen atoms in total. The predicted octanol–water partition coefficient (Wildman–Crippen LogP) is 2.10. The minimum atomic E-state index is 0.144. The summed E-state index contributed by atoms with van der Waals surface area (Å²) >= 11 is 0. The van der Waals surface area contributed by atoms with Gasteiger partial charge in [0.25, 0.3) is 0 Å². The van der Waals surface area contributed by atoms with Gasteiger partial charge in [-0.1, -0.05) is 30.3 Å². The summed E-state index contributed by atoms with van der Waals surface area (Å²) in [5.41, 5.74) is 7.60. The fraction of sp³-hybridized carbons (Fsp3) is 0.625. The summed E-state index contributed by atoms with van der Waals surface area (Å²) in [6.07, 6.45) is 0. The van der Waals surface area contributed by atoms with Crippen LogP contribution in [0.2, 0.25) is 0 Å². The predicted molar refractivity (Wildman–Crippen MR) is 81.1 cm³/mol. The average molecular weight is 261 g/mol. The summed E-state index contributed by atoms with van der Waals surface area (Å²) in [7, 11) is 2.22. The SMILES string of the molecule is CC(N)C(c1ccccc1)N1CC(C)N(C)C(C)C1. The molecule has 1 aromatic carbocycles. The van der Waals surface area contributed by atoms with E-state index in [-0.39, 0.29) is 6.04 Å². The lowest BCUT2D eigenvalue weighted by atomic mass is 9.96. The molecule has 19 heavy (non-hydrogen) atoms. The van der Waals surface area contributed by atoms with E-state index in [4.69, 9.17) is 5.73 Å². The number of hydrogen-bond acceptors (Lipinski definition) is 3. The van der Waals surface area contributed by atoms with Gasteiger partial charge in [-0.2, -0.15) is 0 Å². The summed E-state index contributed by atoms with van der Waals surface area (Å²) < 4.78 is 0. The molecule has 1 aromatic rings. The van der Waals surface area contributed by atoms with Gasteiger partial charge in [0.2, 0.25) is 0 Å². The molecular formula is C16H27N3. The van der Waals surface area contributed by atoms with Gasteiger partial charge in [0.15, 0.2) is 0 Å². The van der Waals surface area contributed by atoms with E-state index in [1.54, 1.807) is 0 Å². The topological polar surface area (TPSA) is 32.5 Å². The van der Waals surface area contributed by atoms with E-state index in [1.807, 2.05) is 0 Å². The Morgan fingerprint density at radius 3 is 2.11 bits per heavy atom. The maximum Gasteiger partial charge on any atom is 0.0497 e. The quantitative estimate of drug-likeness (QED) is 0.904. The zero-order valence-corrected chi connectivity index (χ0v) is 12.6. The highest BCUT2D eigenvalue weighted by Crippen LogP contribution is 2.27. The lowest BCUT2D eigenvalue weighted by Gasteiger charge is -2.46. The van der Waals surface area contributed by atoms with Gasteiger partial charge in [-0.15, -0.1) is 0 Å². The highest BCUT2D eigenvalue weighted by atomic mass is 15.3. The Morgan fingerprint density at radius 2 is 1.63 bits per heavy atom. The van der Waals surface area contributed by atoms with Gasteiger partial charge in [-0.05, 0) is 33.4 Å². The molecule has 4 atom stereocenters. The minimum Gasteiger partial charge on any atom is -0.326 e. The first-order chi connectivity index (χ1) is 9.00. The van der Waals surface area contributed by atoms with Crippen LogP contribution in [0.3, 0.4) is 0 Å². The van der Waals surface area contributed by atoms with Crippen LogP contribution in [-0.2, 0) is 0 Å². The Hall–Kier alpha value is -0.900. The molecule has 4 unspecified atom stereocenters. The van der Waals surface area contributed by atoms with Crippen LogP contribution in [0.25, 0.3) is 0 Å². The average Bonchev–Trinajstić information content (AvgIpc) is 2.37. The fourth-order valence-electron chi connectivity index (χ4n) is 3.17. The van der Waals surface area contributed by atoms with Crippen LogP contribution in [0.4, 0.5) is 0 Å². The molecule has 0 saturated carbocycles. The molecule has 1 aliphatic heterocycles. The van der Waals surface area contributed by atoms with Crippen molar-refractivity contribution in [1.82, 2.24) is 9.80 Å². The fourth-order valence-corrected chi connectivity index (χ4v) is 3.17. The number of piperazine rings is 1. The molecule has 106 valence electrons. The van der Waals surface area contributed by atoms with E-state index < -0.39 is 0 Å². The van der Waals surface area contributed by atoms with Crippen molar-refractivity contribution in [3.8, 4) is 0 Å². The monoisotopic (exact) mass is 261 g/mol.